The molecule has 1 aliphatic heterocycles. The van der Waals surface area contributed by atoms with E-state index < -0.39 is 6.03 Å². The smallest absolute Gasteiger partial charge is 0.329 e. The summed E-state index contributed by atoms with van der Waals surface area (Å²) < 4.78 is 5.41. The lowest BCUT2D eigenvalue weighted by Crippen LogP contribution is -2.30. The second-order valence-electron chi connectivity index (χ2n) is 6.27. The molecule has 3 amide bonds. The molecule has 0 unspecified atom stereocenters. The predicted octanol–water partition coefficient (Wildman–Crippen LogP) is 3.94. The Morgan fingerprint density at radius 1 is 0.926 bits per heavy atom. The van der Waals surface area contributed by atoms with Crippen molar-refractivity contribution in [2.45, 2.75) is 6.54 Å². The first-order valence-electron chi connectivity index (χ1n) is 8.61. The number of carbonyl (C=O) groups excluding carboxylic acids is 2. The average molecular weight is 358 g/mol. The van der Waals surface area contributed by atoms with E-state index in [-0.39, 0.29) is 18.1 Å². The van der Waals surface area contributed by atoms with E-state index in [1.54, 1.807) is 13.2 Å². The highest BCUT2D eigenvalue weighted by molar-refractivity contribution is 6.14. The third kappa shape index (κ3) is 3.15. The Kier molecular flexibility index (Phi) is 4.34. The maximum absolute atomic E-state index is 12.7. The monoisotopic (exact) mass is 358 g/mol. The average Bonchev–Trinajstić information content (AvgIpc) is 2.96. The van der Waals surface area contributed by atoms with Gasteiger partial charge in [-0.15, -0.1) is 0 Å². The van der Waals surface area contributed by atoms with E-state index in [9.17, 15) is 9.59 Å². The van der Waals surface area contributed by atoms with Crippen molar-refractivity contribution in [1.82, 2.24) is 10.2 Å². The van der Waals surface area contributed by atoms with Gasteiger partial charge in [0.05, 0.1) is 13.7 Å². The Bertz CT molecular complexity index is 1060. The number of rotatable bonds is 4. The Morgan fingerprint density at radius 3 is 2.37 bits per heavy atom. The van der Waals surface area contributed by atoms with E-state index in [0.717, 1.165) is 27.6 Å². The van der Waals surface area contributed by atoms with Crippen LogP contribution in [0.5, 0.6) is 5.75 Å². The van der Waals surface area contributed by atoms with E-state index in [1.165, 1.54) is 4.90 Å². The number of benzene rings is 3. The number of methoxy groups -OCH3 is 1. The summed E-state index contributed by atoms with van der Waals surface area (Å²) in [5, 5.41) is 4.59. The molecule has 0 atom stereocenters. The van der Waals surface area contributed by atoms with Crippen LogP contribution < -0.4 is 10.1 Å². The van der Waals surface area contributed by atoms with Crippen LogP contribution in [0.25, 0.3) is 16.8 Å². The molecule has 4 rings (SSSR count). The molecular weight excluding hydrogens is 340 g/mol. The number of nitrogens with one attached hydrogen (secondary N) is 1. The van der Waals surface area contributed by atoms with Crippen molar-refractivity contribution in [2.75, 3.05) is 7.11 Å². The van der Waals surface area contributed by atoms with E-state index >= 15 is 0 Å². The highest BCUT2D eigenvalue weighted by Crippen LogP contribution is 2.30. The maximum Gasteiger partial charge on any atom is 0.329 e. The number of nitrogens with zero attached hydrogens (tertiary/aromatic N) is 1. The summed E-state index contributed by atoms with van der Waals surface area (Å²) in [5.74, 6) is 0.434. The minimum absolute atomic E-state index is 0.242. The third-order valence-electron chi connectivity index (χ3n) is 4.58. The first kappa shape index (κ1) is 16.8. The molecule has 0 radical (unpaired) electrons. The topological polar surface area (TPSA) is 58.6 Å². The molecule has 0 spiro atoms. The van der Waals surface area contributed by atoms with Crippen LogP contribution in [-0.4, -0.2) is 23.9 Å². The normalized spacial score (nSPS) is 15.4. The number of imide groups is 1. The summed E-state index contributed by atoms with van der Waals surface area (Å²) in [6.07, 6.45) is 1.72. The standard InChI is InChI=1S/C22H18N2O3/c1-27-20-12-11-16(17-9-5-6-10-18(17)20)13-19-21(25)24(22(26)23-19)14-15-7-3-2-4-8-15/h2-13H,14H2,1H3,(H,23,26)/b19-13+. The Morgan fingerprint density at radius 2 is 1.63 bits per heavy atom. The molecule has 1 saturated heterocycles. The Balaban J connectivity index is 1.68. The van der Waals surface area contributed by atoms with Gasteiger partial charge < -0.3 is 10.1 Å². The molecule has 3 aromatic carbocycles. The first-order valence-corrected chi connectivity index (χ1v) is 8.61. The lowest BCUT2D eigenvalue weighted by molar-refractivity contribution is -0.123. The number of fused-ring (bicyclic) bond motifs is 1. The number of hydrogen-bond acceptors (Lipinski definition) is 3. The molecule has 1 N–H and O–H groups in total. The van der Waals surface area contributed by atoms with Crippen LogP contribution in [0.1, 0.15) is 11.1 Å². The van der Waals surface area contributed by atoms with Gasteiger partial charge in [-0.1, -0.05) is 60.7 Å². The molecule has 1 heterocycles. The van der Waals surface area contributed by atoms with Crippen molar-refractivity contribution in [3.05, 3.63) is 83.6 Å². The number of carbonyl (C=O) groups is 2. The van der Waals surface area contributed by atoms with Crippen LogP contribution in [0.15, 0.2) is 72.4 Å². The first-order chi connectivity index (χ1) is 13.2. The highest BCUT2D eigenvalue weighted by atomic mass is 16.5. The molecule has 5 nitrogen and oxygen atoms in total. The van der Waals surface area contributed by atoms with Gasteiger partial charge in [-0.05, 0) is 28.7 Å². The summed E-state index contributed by atoms with van der Waals surface area (Å²) in [7, 11) is 1.63. The highest BCUT2D eigenvalue weighted by Gasteiger charge is 2.33. The van der Waals surface area contributed by atoms with Gasteiger partial charge in [0, 0.05) is 5.39 Å². The Hall–Kier alpha value is -3.60. The van der Waals surface area contributed by atoms with Gasteiger partial charge >= 0.3 is 6.03 Å². The fraction of sp³-hybridized carbons (Fsp3) is 0.0909. The van der Waals surface area contributed by atoms with E-state index in [0.29, 0.717) is 0 Å². The van der Waals surface area contributed by atoms with Crippen LogP contribution >= 0.6 is 0 Å². The summed E-state index contributed by atoms with van der Waals surface area (Å²) >= 11 is 0. The second kappa shape index (κ2) is 6.96. The van der Waals surface area contributed by atoms with Crippen molar-refractivity contribution >= 4 is 28.8 Å². The molecule has 5 heteroatoms. The fourth-order valence-electron chi connectivity index (χ4n) is 3.24. The van der Waals surface area contributed by atoms with Crippen LogP contribution in [0.3, 0.4) is 0 Å². The molecule has 1 aliphatic rings. The van der Waals surface area contributed by atoms with Crippen LogP contribution in [-0.2, 0) is 11.3 Å². The zero-order chi connectivity index (χ0) is 18.8. The SMILES string of the molecule is COc1ccc(/C=C2/NC(=O)N(Cc3ccccc3)C2=O)c2ccccc12. The summed E-state index contributed by atoms with van der Waals surface area (Å²) in [6.45, 7) is 0.242. The number of hydrogen-bond donors (Lipinski definition) is 1. The van der Waals surface area contributed by atoms with Gasteiger partial charge in [0.25, 0.3) is 5.91 Å². The maximum atomic E-state index is 12.7. The van der Waals surface area contributed by atoms with E-state index in [4.69, 9.17) is 4.74 Å². The number of ether oxygens (including phenoxy) is 1. The minimum atomic E-state index is -0.409. The van der Waals surface area contributed by atoms with Gasteiger partial charge in [0.1, 0.15) is 11.4 Å². The molecule has 27 heavy (non-hydrogen) atoms. The molecule has 0 bridgehead atoms. The zero-order valence-electron chi connectivity index (χ0n) is 14.8. The van der Waals surface area contributed by atoms with E-state index in [1.807, 2.05) is 66.7 Å². The molecule has 0 aliphatic carbocycles. The van der Waals surface area contributed by atoms with Gasteiger partial charge in [0.15, 0.2) is 0 Å². The molecule has 1 fully saturated rings. The number of amides is 3. The largest absolute Gasteiger partial charge is 0.496 e. The fourth-order valence-corrected chi connectivity index (χ4v) is 3.24. The number of urea groups is 1. The second-order valence-corrected chi connectivity index (χ2v) is 6.27. The lowest BCUT2D eigenvalue weighted by Gasteiger charge is -2.11. The summed E-state index contributed by atoms with van der Waals surface area (Å²) in [6, 6.07) is 20.6. The van der Waals surface area contributed by atoms with Crippen LogP contribution in [0.2, 0.25) is 0 Å². The summed E-state index contributed by atoms with van der Waals surface area (Å²) in [5.41, 5.74) is 2.01. The van der Waals surface area contributed by atoms with Crippen LogP contribution in [0.4, 0.5) is 4.79 Å². The van der Waals surface area contributed by atoms with Gasteiger partial charge in [-0.25, -0.2) is 4.79 Å². The Labute approximate surface area is 156 Å². The van der Waals surface area contributed by atoms with Crippen molar-refractivity contribution in [3.8, 4) is 5.75 Å². The van der Waals surface area contributed by atoms with Crippen molar-refractivity contribution in [3.63, 3.8) is 0 Å². The molecular formula is C22H18N2O3. The lowest BCUT2D eigenvalue weighted by atomic mass is 10.0. The van der Waals surface area contributed by atoms with Gasteiger partial charge in [0.2, 0.25) is 0 Å². The minimum Gasteiger partial charge on any atom is -0.496 e. The van der Waals surface area contributed by atoms with Crippen molar-refractivity contribution in [1.29, 1.82) is 0 Å². The zero-order valence-corrected chi connectivity index (χ0v) is 14.8. The van der Waals surface area contributed by atoms with Gasteiger partial charge in [-0.2, -0.15) is 0 Å². The van der Waals surface area contributed by atoms with Crippen LogP contribution in [0, 0.1) is 0 Å². The third-order valence-corrected chi connectivity index (χ3v) is 4.58. The predicted molar refractivity (Wildman–Crippen MR) is 104 cm³/mol. The van der Waals surface area contributed by atoms with Crippen molar-refractivity contribution in [2.24, 2.45) is 0 Å². The molecule has 0 saturated carbocycles. The molecule has 0 aromatic heterocycles. The van der Waals surface area contributed by atoms with E-state index in [2.05, 4.69) is 5.32 Å². The van der Waals surface area contributed by atoms with Crippen molar-refractivity contribution < 1.29 is 14.3 Å². The van der Waals surface area contributed by atoms with Gasteiger partial charge in [-0.3, -0.25) is 9.69 Å². The molecule has 3 aromatic rings. The molecule has 134 valence electrons. The summed E-state index contributed by atoms with van der Waals surface area (Å²) in [4.78, 5) is 26.2. The quantitative estimate of drug-likeness (QED) is 0.568.